The van der Waals surface area contributed by atoms with Crippen molar-refractivity contribution in [3.8, 4) is 0 Å². The quantitative estimate of drug-likeness (QED) is 0.101. The second-order valence-corrected chi connectivity index (χ2v) is 10.7. The number of carbonyl (C=O) groups excluding carboxylic acids is 4. The molecule has 0 spiro atoms. The Kier molecular flexibility index (Phi) is 16.3. The number of Topliss-reactive ketones (excluding diaryl/α,β-unsaturated/α-hetero) is 2. The molecule has 3 rings (SSSR count). The molecule has 14 heteroatoms. The van der Waals surface area contributed by atoms with Gasteiger partial charge in [-0.3, -0.25) is 19.4 Å². The van der Waals surface area contributed by atoms with E-state index in [1.165, 1.54) is 6.08 Å². The van der Waals surface area contributed by atoms with Crippen LogP contribution in [0.2, 0.25) is 0 Å². The lowest BCUT2D eigenvalue weighted by Gasteiger charge is -2.19. The topological polar surface area (TPSA) is 131 Å². The van der Waals surface area contributed by atoms with Crippen LogP contribution in [0.4, 0.5) is 43.4 Å². The predicted molar refractivity (Wildman–Crippen MR) is 170 cm³/mol. The molecule has 47 heavy (non-hydrogen) atoms. The largest absolute Gasteiger partial charge is 0.450 e. The first kappa shape index (κ1) is 40.8. The summed E-state index contributed by atoms with van der Waals surface area (Å²) in [6.07, 6.45) is -0.897. The summed E-state index contributed by atoms with van der Waals surface area (Å²) >= 11 is 0. The van der Waals surface area contributed by atoms with Gasteiger partial charge >= 0.3 is 12.4 Å². The van der Waals surface area contributed by atoms with Crippen molar-refractivity contribution in [3.63, 3.8) is 0 Å². The first-order valence-electron chi connectivity index (χ1n) is 15.1. The monoisotopic (exact) mass is 672 g/mol. The number of alkyl halides is 6. The molecule has 0 heterocycles. The summed E-state index contributed by atoms with van der Waals surface area (Å²) in [7, 11) is 1.72. The van der Waals surface area contributed by atoms with Crippen LogP contribution in [-0.2, 0) is 19.2 Å². The van der Waals surface area contributed by atoms with Crippen LogP contribution in [-0.4, -0.2) is 49.4 Å². The van der Waals surface area contributed by atoms with Crippen LogP contribution in [0.15, 0.2) is 59.3 Å². The fraction of sp³-hybridized carbons (Fsp3) is 0.485. The van der Waals surface area contributed by atoms with Crippen molar-refractivity contribution in [2.24, 2.45) is 34.4 Å². The van der Waals surface area contributed by atoms with E-state index in [-0.39, 0.29) is 19.3 Å². The highest BCUT2D eigenvalue weighted by Gasteiger charge is 2.49. The number of ketones is 2. The summed E-state index contributed by atoms with van der Waals surface area (Å²) in [4.78, 5) is 49.8. The fourth-order valence-corrected chi connectivity index (χ4v) is 5.16. The van der Waals surface area contributed by atoms with E-state index in [1.807, 2.05) is 20.8 Å². The molecular formula is C33H42F6N4O4. The van der Waals surface area contributed by atoms with Gasteiger partial charge in [0.1, 0.15) is 6.29 Å². The first-order chi connectivity index (χ1) is 22.0. The number of aldehydes is 1. The zero-order valence-electron chi connectivity index (χ0n) is 26.8. The number of hydrogen-bond acceptors (Lipinski definition) is 7. The number of amides is 1. The van der Waals surface area contributed by atoms with E-state index in [0.29, 0.717) is 48.3 Å². The maximum Gasteiger partial charge on any atom is 0.450 e. The predicted octanol–water partition coefficient (Wildman–Crippen LogP) is 7.65. The number of allylic oxidation sites excluding steroid dienone is 4. The molecule has 8 nitrogen and oxygen atoms in total. The van der Waals surface area contributed by atoms with E-state index in [0.717, 1.165) is 5.57 Å². The highest BCUT2D eigenvalue weighted by atomic mass is 19.4. The van der Waals surface area contributed by atoms with Crippen LogP contribution in [0.5, 0.6) is 0 Å². The Balaban J connectivity index is 0.000000612. The average Bonchev–Trinajstić information content (AvgIpc) is 3.72. The molecule has 1 aromatic rings. The van der Waals surface area contributed by atoms with Gasteiger partial charge in [0.2, 0.25) is 17.5 Å². The van der Waals surface area contributed by atoms with Gasteiger partial charge in [0.25, 0.3) is 0 Å². The molecule has 1 aromatic carbocycles. The number of aliphatic imine (C=N–C) groups is 1. The van der Waals surface area contributed by atoms with Crippen LogP contribution in [0.3, 0.4) is 0 Å². The first-order valence-corrected chi connectivity index (χ1v) is 15.1. The lowest BCUT2D eigenvalue weighted by atomic mass is 9.90. The van der Waals surface area contributed by atoms with Crippen molar-refractivity contribution >= 4 is 47.0 Å². The lowest BCUT2D eigenvalue weighted by Crippen LogP contribution is -2.37. The minimum Gasteiger partial charge on any atom is -0.399 e. The van der Waals surface area contributed by atoms with E-state index < -0.39 is 53.5 Å². The Bertz CT molecular complexity index is 1350. The molecule has 2 fully saturated rings. The smallest absolute Gasteiger partial charge is 0.399 e. The number of nitrogens with two attached hydrogens (primary N) is 1. The number of benzene rings is 1. The van der Waals surface area contributed by atoms with Gasteiger partial charge in [0, 0.05) is 48.3 Å². The zero-order chi connectivity index (χ0) is 35.9. The SMILES string of the molecule is C=C/C(N)=C\C=C(/C)C=Nc1cc(NC(=O)C2CCCC2C(=O)C(F)(F)F)ccc1NC.CC.O=CC1CCCC1C(=O)C(F)(F)F. The van der Waals surface area contributed by atoms with Crippen LogP contribution >= 0.6 is 0 Å². The number of anilines is 2. The van der Waals surface area contributed by atoms with Crippen molar-refractivity contribution < 1.29 is 45.5 Å². The lowest BCUT2D eigenvalue weighted by molar-refractivity contribution is -0.177. The third kappa shape index (κ3) is 12.5. The van der Waals surface area contributed by atoms with Gasteiger partial charge in [-0.25, -0.2) is 0 Å². The number of carbonyl (C=O) groups is 4. The average molecular weight is 673 g/mol. The van der Waals surface area contributed by atoms with Gasteiger partial charge in [-0.05, 0) is 68.5 Å². The van der Waals surface area contributed by atoms with Crippen molar-refractivity contribution in [2.75, 3.05) is 17.7 Å². The van der Waals surface area contributed by atoms with Gasteiger partial charge in [-0.1, -0.05) is 39.3 Å². The van der Waals surface area contributed by atoms with Gasteiger partial charge in [0.15, 0.2) is 0 Å². The van der Waals surface area contributed by atoms with E-state index in [1.54, 1.807) is 43.6 Å². The number of nitrogens with one attached hydrogen (secondary N) is 2. The van der Waals surface area contributed by atoms with Crippen LogP contribution in [0.25, 0.3) is 0 Å². The Hall–Kier alpha value is -4.23. The van der Waals surface area contributed by atoms with Crippen LogP contribution < -0.4 is 16.4 Å². The van der Waals surface area contributed by atoms with Gasteiger partial charge in [0.05, 0.1) is 11.4 Å². The standard InChI is InChI=1S/C23H27F3N4O2.C8H9F3O2.C2H6/c1-4-15(27)9-8-14(2)13-29-20-12-16(10-11-19(20)28-3)30-22(32)18-7-5-6-17(18)21(31)23(24,25)26;9-8(10,11)7(13)6-3-1-2-5(6)4-12;1-2/h4,8-13,17-18,28H,1,5-7,27H2,2-3H3,(H,30,32);4-6H,1-3H2;1-2H3/b14-8+,15-9+,29-13?;;. The van der Waals surface area contributed by atoms with Crippen LogP contribution in [0.1, 0.15) is 59.3 Å². The Labute approximate surface area is 270 Å². The number of hydrogen-bond donors (Lipinski definition) is 3. The second-order valence-electron chi connectivity index (χ2n) is 10.7. The van der Waals surface area contributed by atoms with E-state index in [9.17, 15) is 45.5 Å². The normalized spacial score (nSPS) is 21.6. The molecule has 4 N–H and O–H groups in total. The molecule has 0 saturated heterocycles. The van der Waals surface area contributed by atoms with Gasteiger partial charge in [-0.15, -0.1) is 0 Å². The molecule has 0 bridgehead atoms. The molecule has 4 atom stereocenters. The molecule has 4 unspecified atom stereocenters. The minimum atomic E-state index is -4.94. The van der Waals surface area contributed by atoms with Crippen LogP contribution in [0, 0.1) is 23.7 Å². The minimum absolute atomic E-state index is 0.0566. The Morgan fingerprint density at radius 2 is 1.47 bits per heavy atom. The highest BCUT2D eigenvalue weighted by molar-refractivity contribution is 5.99. The molecule has 2 aliphatic rings. The molecule has 2 aliphatic carbocycles. The molecule has 2 saturated carbocycles. The second kappa shape index (κ2) is 18.8. The Morgan fingerprint density at radius 1 is 0.915 bits per heavy atom. The molecule has 0 aromatic heterocycles. The maximum absolute atomic E-state index is 12.8. The van der Waals surface area contributed by atoms with E-state index >= 15 is 0 Å². The fourth-order valence-electron chi connectivity index (χ4n) is 5.16. The highest BCUT2D eigenvalue weighted by Crippen LogP contribution is 2.38. The van der Waals surface area contributed by atoms with E-state index in [4.69, 9.17) is 5.73 Å². The number of rotatable bonds is 10. The summed E-state index contributed by atoms with van der Waals surface area (Å²) in [5.41, 5.74) is 8.58. The number of halogens is 6. The number of nitrogens with zero attached hydrogens (tertiary/aromatic N) is 1. The summed E-state index contributed by atoms with van der Waals surface area (Å²) in [6, 6.07) is 4.93. The molecule has 0 radical (unpaired) electrons. The molecule has 0 aliphatic heterocycles. The zero-order valence-corrected chi connectivity index (χ0v) is 26.8. The maximum atomic E-state index is 12.8. The Morgan fingerprint density at radius 3 is 2.02 bits per heavy atom. The van der Waals surface area contributed by atoms with Crippen molar-refractivity contribution in [3.05, 3.63) is 54.3 Å². The summed E-state index contributed by atoms with van der Waals surface area (Å²) < 4.78 is 74.4. The van der Waals surface area contributed by atoms with Crippen molar-refractivity contribution in [1.29, 1.82) is 0 Å². The van der Waals surface area contributed by atoms with Crippen molar-refractivity contribution in [1.82, 2.24) is 0 Å². The third-order valence-corrected chi connectivity index (χ3v) is 7.55. The molecular weight excluding hydrogens is 630 g/mol. The summed E-state index contributed by atoms with van der Waals surface area (Å²) in [6.45, 7) is 9.40. The van der Waals surface area contributed by atoms with Gasteiger partial charge in [-0.2, -0.15) is 26.3 Å². The molecule has 260 valence electrons. The van der Waals surface area contributed by atoms with Crippen molar-refractivity contribution in [2.45, 2.75) is 71.6 Å². The van der Waals surface area contributed by atoms with E-state index in [2.05, 4.69) is 22.2 Å². The molecule has 1 amide bonds. The summed E-state index contributed by atoms with van der Waals surface area (Å²) in [5.74, 6) is -8.38. The third-order valence-electron chi connectivity index (χ3n) is 7.55. The summed E-state index contributed by atoms with van der Waals surface area (Å²) in [5, 5.41) is 5.63. The van der Waals surface area contributed by atoms with Gasteiger partial charge < -0.3 is 21.2 Å².